The first-order chi connectivity index (χ1) is 6.79. The van der Waals surface area contributed by atoms with E-state index in [4.69, 9.17) is 19.9 Å². The van der Waals surface area contributed by atoms with Crippen molar-refractivity contribution in [1.29, 1.82) is 5.41 Å². The Balaban J connectivity index is 0.000000500. The maximum Gasteiger partial charge on any atom is 0.231 e. The van der Waals surface area contributed by atoms with E-state index in [1.165, 1.54) is 5.23 Å². The predicted molar refractivity (Wildman–Crippen MR) is 51.4 cm³/mol. The Hall–Kier alpha value is -1.68. The number of nitrogens with zero attached hydrogens (tertiary/aromatic N) is 1. The summed E-state index contributed by atoms with van der Waals surface area (Å²) < 4.78 is 0. The second-order valence-electron chi connectivity index (χ2n) is 2.06. The van der Waals surface area contributed by atoms with Crippen LogP contribution in [0.25, 0.3) is 0 Å². The summed E-state index contributed by atoms with van der Waals surface area (Å²) in [5.41, 5.74) is 0.873. The van der Waals surface area contributed by atoms with Crippen LogP contribution >= 0.6 is 0 Å². The van der Waals surface area contributed by atoms with Crippen molar-refractivity contribution in [2.24, 2.45) is 0 Å². The van der Waals surface area contributed by atoms with E-state index >= 15 is 0 Å². The van der Waals surface area contributed by atoms with Crippen molar-refractivity contribution < 1.29 is 14.5 Å². The lowest BCUT2D eigenvalue weighted by atomic mass is 10.3. The molecule has 5 nitrogen and oxygen atoms in total. The summed E-state index contributed by atoms with van der Waals surface area (Å²) in [6.45, 7) is 0. The summed E-state index contributed by atoms with van der Waals surface area (Å²) in [6, 6.07) is 9.56. The highest BCUT2D eigenvalue weighted by Gasteiger charge is 2.00. The van der Waals surface area contributed by atoms with Gasteiger partial charge in [-0.05, 0) is 12.1 Å². The molecule has 1 aromatic rings. The van der Waals surface area contributed by atoms with Gasteiger partial charge in [0.2, 0.25) is 6.08 Å². The van der Waals surface area contributed by atoms with Gasteiger partial charge in [0.1, 0.15) is 0 Å². The van der Waals surface area contributed by atoms with E-state index in [1.807, 2.05) is 30.3 Å². The summed E-state index contributed by atoms with van der Waals surface area (Å²) in [7, 11) is 3.10. The molecular formula is C9H12N2O3. The monoisotopic (exact) mass is 196 g/mol. The largest absolute Gasteiger partial charge is 0.252 e. The van der Waals surface area contributed by atoms with Crippen molar-refractivity contribution >= 4 is 11.8 Å². The zero-order chi connectivity index (χ0) is 10.8. The minimum absolute atomic E-state index is 0.750. The Morgan fingerprint density at radius 3 is 2.00 bits per heavy atom. The topological polar surface area (TPSA) is 62.6 Å². The summed E-state index contributed by atoms with van der Waals surface area (Å²) in [4.78, 5) is 18.1. The van der Waals surface area contributed by atoms with Gasteiger partial charge < -0.3 is 0 Å². The van der Waals surface area contributed by atoms with Gasteiger partial charge in [-0.1, -0.05) is 18.2 Å². The molecule has 0 unspecified atom stereocenters. The molecule has 0 aliphatic rings. The molecule has 0 radical (unpaired) electrons. The molecule has 76 valence electrons. The third kappa shape index (κ3) is 4.37. The van der Waals surface area contributed by atoms with Crippen molar-refractivity contribution in [2.45, 2.75) is 0 Å². The molecule has 1 rings (SSSR count). The van der Waals surface area contributed by atoms with Crippen molar-refractivity contribution in [2.75, 3.05) is 19.4 Å². The number of hydrogen-bond donors (Lipinski definition) is 1. The Bertz CT molecular complexity index is 267. The molecule has 0 saturated carbocycles. The quantitative estimate of drug-likeness (QED) is 0.452. The highest BCUT2D eigenvalue weighted by Crippen LogP contribution is 2.11. The maximum atomic E-state index is 8.35. The Morgan fingerprint density at radius 1 is 1.21 bits per heavy atom. The van der Waals surface area contributed by atoms with E-state index in [2.05, 4.69) is 0 Å². The first kappa shape index (κ1) is 12.3. The van der Waals surface area contributed by atoms with E-state index in [1.54, 1.807) is 14.2 Å². The van der Waals surface area contributed by atoms with E-state index < -0.39 is 0 Å². The fraction of sp³-hybridized carbons (Fsp3) is 0.222. The number of carbonyl (C=O) groups excluding carboxylic acids is 1. The molecule has 0 amide bonds. The van der Waals surface area contributed by atoms with Gasteiger partial charge in [-0.3, -0.25) is 9.68 Å². The van der Waals surface area contributed by atoms with Crippen LogP contribution in [0.15, 0.2) is 30.3 Å². The number of isocyanates is 1. The molecule has 0 aromatic heterocycles. The van der Waals surface area contributed by atoms with Crippen LogP contribution in [-0.2, 0) is 14.5 Å². The molecule has 14 heavy (non-hydrogen) atoms. The normalized spacial score (nSPS) is 8.14. The molecule has 0 saturated heterocycles. The molecule has 1 N–H and O–H groups in total. The number of benzene rings is 1. The lowest BCUT2D eigenvalue weighted by molar-refractivity contribution is -0.0433. The molecule has 5 heteroatoms. The van der Waals surface area contributed by atoms with Crippen LogP contribution in [0.3, 0.4) is 0 Å². The number of anilines is 1. The summed E-state index contributed by atoms with van der Waals surface area (Å²) >= 11 is 0. The Morgan fingerprint density at radius 2 is 1.64 bits per heavy atom. The van der Waals surface area contributed by atoms with Crippen LogP contribution in [0, 0.1) is 5.41 Å². The summed E-state index contributed by atoms with van der Waals surface area (Å²) in [5.74, 6) is 0. The number of hydrogen-bond acceptors (Lipinski definition) is 5. The smallest absolute Gasteiger partial charge is 0.231 e. The standard InChI is InChI=1S/C8H11NO2.CHNO/c1-10-9(11-2)8-6-4-3-5-7-8;2-1-3/h3-7H,1-2H3;2H. The van der Waals surface area contributed by atoms with Gasteiger partial charge in [0.05, 0.1) is 19.9 Å². The zero-order valence-electron chi connectivity index (χ0n) is 8.06. The van der Waals surface area contributed by atoms with Crippen LogP contribution in [0.5, 0.6) is 0 Å². The average Bonchev–Trinajstić information content (AvgIpc) is 2.22. The zero-order valence-corrected chi connectivity index (χ0v) is 8.06. The molecule has 0 bridgehead atoms. The van der Waals surface area contributed by atoms with Gasteiger partial charge in [0, 0.05) is 0 Å². The SMILES string of the molecule is CON(OC)c1ccccc1.N=C=O. The van der Waals surface area contributed by atoms with Gasteiger partial charge in [-0.2, -0.15) is 0 Å². The summed E-state index contributed by atoms with van der Waals surface area (Å²) in [5, 5.41) is 6.74. The first-order valence-electron chi connectivity index (χ1n) is 3.77. The van der Waals surface area contributed by atoms with Crippen molar-refractivity contribution in [1.82, 2.24) is 0 Å². The fourth-order valence-corrected chi connectivity index (χ4v) is 0.835. The lowest BCUT2D eigenvalue weighted by Crippen LogP contribution is -2.19. The van der Waals surface area contributed by atoms with Gasteiger partial charge >= 0.3 is 0 Å². The number of rotatable bonds is 3. The second-order valence-corrected chi connectivity index (χ2v) is 2.06. The van der Waals surface area contributed by atoms with E-state index in [0.29, 0.717) is 0 Å². The lowest BCUT2D eigenvalue weighted by Gasteiger charge is -2.17. The first-order valence-corrected chi connectivity index (χ1v) is 3.77. The molecule has 0 fully saturated rings. The van der Waals surface area contributed by atoms with Crippen LogP contribution in [0.4, 0.5) is 5.69 Å². The van der Waals surface area contributed by atoms with Gasteiger partial charge in [0.25, 0.3) is 0 Å². The van der Waals surface area contributed by atoms with E-state index in [9.17, 15) is 0 Å². The maximum absolute atomic E-state index is 8.35. The number of nitrogens with one attached hydrogen (secondary N) is 1. The fourth-order valence-electron chi connectivity index (χ4n) is 0.835. The third-order valence-corrected chi connectivity index (χ3v) is 1.30. The van der Waals surface area contributed by atoms with Crippen LogP contribution < -0.4 is 5.23 Å². The predicted octanol–water partition coefficient (Wildman–Crippen LogP) is 1.52. The molecule has 0 atom stereocenters. The number of para-hydroxylation sites is 1. The molecular weight excluding hydrogens is 184 g/mol. The molecule has 1 aromatic carbocycles. The van der Waals surface area contributed by atoms with Crippen molar-refractivity contribution in [3.63, 3.8) is 0 Å². The van der Waals surface area contributed by atoms with Crippen LogP contribution in [0.1, 0.15) is 0 Å². The highest BCUT2D eigenvalue weighted by atomic mass is 16.9. The van der Waals surface area contributed by atoms with E-state index in [-0.39, 0.29) is 0 Å². The van der Waals surface area contributed by atoms with Crippen molar-refractivity contribution in [3.8, 4) is 0 Å². The average molecular weight is 196 g/mol. The third-order valence-electron chi connectivity index (χ3n) is 1.30. The Kier molecular flexibility index (Phi) is 6.99. The van der Waals surface area contributed by atoms with Crippen LogP contribution in [0.2, 0.25) is 0 Å². The summed E-state index contributed by atoms with van der Waals surface area (Å²) in [6.07, 6.45) is 0.750. The van der Waals surface area contributed by atoms with Crippen molar-refractivity contribution in [3.05, 3.63) is 30.3 Å². The highest BCUT2D eigenvalue weighted by molar-refractivity contribution is 5.40. The second kappa shape index (κ2) is 7.94. The van der Waals surface area contributed by atoms with E-state index in [0.717, 1.165) is 11.8 Å². The molecule has 0 heterocycles. The molecule has 0 aliphatic carbocycles. The van der Waals surface area contributed by atoms with Gasteiger partial charge in [0.15, 0.2) is 0 Å². The van der Waals surface area contributed by atoms with Gasteiger partial charge in [-0.25, -0.2) is 10.2 Å². The van der Waals surface area contributed by atoms with Gasteiger partial charge in [-0.15, -0.1) is 5.23 Å². The van der Waals surface area contributed by atoms with Crippen LogP contribution in [-0.4, -0.2) is 20.3 Å². The molecule has 0 spiro atoms. The minimum atomic E-state index is 0.750. The molecule has 0 aliphatic heterocycles. The minimum Gasteiger partial charge on any atom is -0.252 e. The Labute approximate surface area is 82.3 Å².